The number of benzene rings is 1. The lowest BCUT2D eigenvalue weighted by atomic mass is 10.1. The number of hydroxylamine groups is 2. The van der Waals surface area contributed by atoms with Gasteiger partial charge in [-0.3, -0.25) is 0 Å². The number of carbonyl (C=O) groups is 2. The first kappa shape index (κ1) is 13.8. The molecule has 0 fully saturated rings. The van der Waals surface area contributed by atoms with Gasteiger partial charge in [0.15, 0.2) is 0 Å². The van der Waals surface area contributed by atoms with E-state index in [2.05, 4.69) is 10.2 Å². The molecule has 0 saturated heterocycles. The number of carbonyl (C=O) groups excluding carboxylic acids is 2. The van der Waals surface area contributed by atoms with E-state index < -0.39 is 12.2 Å². The summed E-state index contributed by atoms with van der Waals surface area (Å²) >= 11 is 0. The van der Waals surface area contributed by atoms with E-state index in [-0.39, 0.29) is 0 Å². The largest absolute Gasteiger partial charge is 0.448 e. The molecule has 6 nitrogen and oxygen atoms in total. The van der Waals surface area contributed by atoms with Crippen molar-refractivity contribution in [2.45, 2.75) is 13.8 Å². The van der Waals surface area contributed by atoms with Gasteiger partial charge in [-0.1, -0.05) is 6.07 Å². The minimum absolute atomic E-state index is 0.399. The third kappa shape index (κ3) is 3.65. The summed E-state index contributed by atoms with van der Waals surface area (Å²) in [5.41, 5.74) is 2.11. The molecule has 18 heavy (non-hydrogen) atoms. The van der Waals surface area contributed by atoms with Gasteiger partial charge in [0, 0.05) is 7.05 Å². The lowest BCUT2D eigenvalue weighted by Gasteiger charge is -2.15. The quantitative estimate of drug-likeness (QED) is 0.776. The number of nitrogens with one attached hydrogen (secondary N) is 1. The molecule has 0 aliphatic carbocycles. The van der Waals surface area contributed by atoms with Crippen molar-refractivity contribution in [1.82, 2.24) is 10.4 Å². The van der Waals surface area contributed by atoms with E-state index in [1.807, 2.05) is 19.9 Å². The molecule has 0 saturated carbocycles. The fraction of sp³-hybridized carbons (Fsp3) is 0.333. The minimum Gasteiger partial charge on any atom is -0.408 e. The van der Waals surface area contributed by atoms with Gasteiger partial charge < -0.3 is 14.9 Å². The van der Waals surface area contributed by atoms with Gasteiger partial charge in [-0.15, -0.1) is 5.06 Å². The van der Waals surface area contributed by atoms with Crippen molar-refractivity contribution < 1.29 is 19.2 Å². The maximum atomic E-state index is 11.6. The van der Waals surface area contributed by atoms with Crippen LogP contribution in [0.15, 0.2) is 18.2 Å². The van der Waals surface area contributed by atoms with Crippen LogP contribution in [0.5, 0.6) is 5.75 Å². The van der Waals surface area contributed by atoms with Crippen molar-refractivity contribution in [3.63, 3.8) is 0 Å². The highest BCUT2D eigenvalue weighted by atomic mass is 16.8. The molecule has 98 valence electrons. The van der Waals surface area contributed by atoms with Crippen LogP contribution in [0.2, 0.25) is 0 Å². The molecule has 0 heterocycles. The number of nitrogens with zero attached hydrogens (tertiary/aromatic N) is 1. The fourth-order valence-corrected chi connectivity index (χ4v) is 1.15. The summed E-state index contributed by atoms with van der Waals surface area (Å²) in [6.45, 7) is 3.87. The summed E-state index contributed by atoms with van der Waals surface area (Å²) in [5, 5.41) is 2.94. The average Bonchev–Trinajstić information content (AvgIpc) is 2.33. The summed E-state index contributed by atoms with van der Waals surface area (Å²) in [6, 6.07) is 5.26. The van der Waals surface area contributed by atoms with Gasteiger partial charge in [0.1, 0.15) is 5.75 Å². The van der Waals surface area contributed by atoms with E-state index in [0.717, 1.165) is 11.1 Å². The predicted molar refractivity (Wildman–Crippen MR) is 65.2 cm³/mol. The molecule has 2 amide bonds. The Balaban J connectivity index is 2.63. The van der Waals surface area contributed by atoms with Crippen molar-refractivity contribution in [1.29, 1.82) is 0 Å². The van der Waals surface area contributed by atoms with Crippen LogP contribution >= 0.6 is 0 Å². The summed E-state index contributed by atoms with van der Waals surface area (Å²) in [7, 11) is 2.68. The summed E-state index contributed by atoms with van der Waals surface area (Å²) < 4.78 is 5.04. The molecule has 1 N–H and O–H groups in total. The molecule has 1 rings (SSSR count). The number of rotatable bonds is 1. The Bertz CT molecular complexity index is 459. The Labute approximate surface area is 105 Å². The zero-order valence-corrected chi connectivity index (χ0v) is 10.8. The molecule has 0 unspecified atom stereocenters. The first-order valence-corrected chi connectivity index (χ1v) is 5.36. The molecule has 0 bridgehead atoms. The standard InChI is InChI=1S/C12H16N2O4/c1-8-5-6-10(7-9(8)2)17-12(16)14(4)18-11(15)13-3/h5-7H,1-4H3,(H,13,15). The van der Waals surface area contributed by atoms with Crippen LogP contribution in [0.25, 0.3) is 0 Å². The van der Waals surface area contributed by atoms with Crippen molar-refractivity contribution >= 4 is 12.2 Å². The monoisotopic (exact) mass is 252 g/mol. The second kappa shape index (κ2) is 5.90. The van der Waals surface area contributed by atoms with E-state index in [1.165, 1.54) is 14.1 Å². The van der Waals surface area contributed by atoms with Crippen LogP contribution in [-0.2, 0) is 4.84 Å². The normalized spacial score (nSPS) is 9.56. The molecule has 0 aliphatic heterocycles. The van der Waals surface area contributed by atoms with Crippen molar-refractivity contribution in [2.75, 3.05) is 14.1 Å². The van der Waals surface area contributed by atoms with Gasteiger partial charge in [0.2, 0.25) is 0 Å². The van der Waals surface area contributed by atoms with E-state index in [9.17, 15) is 9.59 Å². The summed E-state index contributed by atoms with van der Waals surface area (Å²) in [5.74, 6) is 0.399. The van der Waals surface area contributed by atoms with Crippen molar-refractivity contribution in [2.24, 2.45) is 0 Å². The molecule has 1 aromatic rings. The molecule has 0 aliphatic rings. The minimum atomic E-state index is -0.776. The number of hydrogen-bond acceptors (Lipinski definition) is 4. The number of ether oxygens (including phenoxy) is 1. The average molecular weight is 252 g/mol. The maximum absolute atomic E-state index is 11.6. The predicted octanol–water partition coefficient (Wildman–Crippen LogP) is 2.01. The van der Waals surface area contributed by atoms with Gasteiger partial charge >= 0.3 is 12.2 Å². The zero-order chi connectivity index (χ0) is 13.7. The molecule has 0 atom stereocenters. The Morgan fingerprint density at radius 3 is 2.44 bits per heavy atom. The summed E-state index contributed by atoms with van der Waals surface area (Å²) in [6.07, 6.45) is -1.52. The Morgan fingerprint density at radius 1 is 1.22 bits per heavy atom. The third-order valence-corrected chi connectivity index (χ3v) is 2.36. The van der Waals surface area contributed by atoms with Gasteiger partial charge in [-0.05, 0) is 37.1 Å². The Kier molecular flexibility index (Phi) is 4.53. The van der Waals surface area contributed by atoms with Crippen LogP contribution in [-0.4, -0.2) is 31.3 Å². The topological polar surface area (TPSA) is 67.9 Å². The highest BCUT2D eigenvalue weighted by molar-refractivity contribution is 5.73. The Hall–Kier alpha value is -2.24. The van der Waals surface area contributed by atoms with Gasteiger partial charge in [0.25, 0.3) is 0 Å². The van der Waals surface area contributed by atoms with Crippen LogP contribution in [0.3, 0.4) is 0 Å². The molecule has 1 aromatic carbocycles. The lowest BCUT2D eigenvalue weighted by Crippen LogP contribution is -2.35. The molecule has 0 aromatic heterocycles. The van der Waals surface area contributed by atoms with Crippen LogP contribution in [0.4, 0.5) is 9.59 Å². The highest BCUT2D eigenvalue weighted by Gasteiger charge is 2.15. The molecular weight excluding hydrogens is 236 g/mol. The van der Waals surface area contributed by atoms with Gasteiger partial charge in [-0.25, -0.2) is 9.59 Å². The lowest BCUT2D eigenvalue weighted by molar-refractivity contribution is -0.0518. The zero-order valence-electron chi connectivity index (χ0n) is 10.8. The molecular formula is C12H16N2O4. The van der Waals surface area contributed by atoms with Crippen molar-refractivity contribution in [3.05, 3.63) is 29.3 Å². The van der Waals surface area contributed by atoms with Crippen LogP contribution in [0.1, 0.15) is 11.1 Å². The highest BCUT2D eigenvalue weighted by Crippen LogP contribution is 2.17. The Morgan fingerprint density at radius 2 is 1.89 bits per heavy atom. The number of hydrogen-bond donors (Lipinski definition) is 1. The fourth-order valence-electron chi connectivity index (χ4n) is 1.15. The summed E-state index contributed by atoms with van der Waals surface area (Å²) in [4.78, 5) is 27.1. The van der Waals surface area contributed by atoms with E-state index in [4.69, 9.17) is 4.74 Å². The number of aryl methyl sites for hydroxylation is 2. The molecule has 0 spiro atoms. The first-order valence-electron chi connectivity index (χ1n) is 5.36. The smallest absolute Gasteiger partial charge is 0.408 e. The first-order chi connectivity index (χ1) is 8.43. The molecule has 0 radical (unpaired) electrons. The maximum Gasteiger partial charge on any atom is 0.448 e. The van der Waals surface area contributed by atoms with Crippen LogP contribution in [0, 0.1) is 13.8 Å². The number of amides is 2. The van der Waals surface area contributed by atoms with E-state index >= 15 is 0 Å². The van der Waals surface area contributed by atoms with Gasteiger partial charge in [-0.2, -0.15) is 0 Å². The second-order valence-electron chi connectivity index (χ2n) is 3.74. The third-order valence-electron chi connectivity index (χ3n) is 2.36. The van der Waals surface area contributed by atoms with Gasteiger partial charge in [0.05, 0.1) is 7.05 Å². The molecule has 6 heteroatoms. The van der Waals surface area contributed by atoms with E-state index in [1.54, 1.807) is 12.1 Å². The van der Waals surface area contributed by atoms with Crippen LogP contribution < -0.4 is 10.1 Å². The van der Waals surface area contributed by atoms with E-state index in [0.29, 0.717) is 10.8 Å². The van der Waals surface area contributed by atoms with Crippen molar-refractivity contribution in [3.8, 4) is 5.75 Å². The second-order valence-corrected chi connectivity index (χ2v) is 3.74. The SMILES string of the molecule is CNC(=O)ON(C)C(=O)Oc1ccc(C)c(C)c1.